The van der Waals surface area contributed by atoms with Crippen LogP contribution in [0.5, 0.6) is 5.75 Å². The fourth-order valence-electron chi connectivity index (χ4n) is 5.02. The number of fused-ring (bicyclic) bond motifs is 1. The number of carbonyl (C=O) groups excluding carboxylic acids is 2. The van der Waals surface area contributed by atoms with Gasteiger partial charge in [-0.25, -0.2) is 4.79 Å². The van der Waals surface area contributed by atoms with Crippen molar-refractivity contribution in [1.82, 2.24) is 20.0 Å². The van der Waals surface area contributed by atoms with E-state index in [1.165, 1.54) is 0 Å². The van der Waals surface area contributed by atoms with Crippen molar-refractivity contribution in [2.45, 2.75) is 45.3 Å². The lowest BCUT2D eigenvalue weighted by Gasteiger charge is -2.47. The van der Waals surface area contributed by atoms with Crippen LogP contribution in [0.3, 0.4) is 0 Å². The molecule has 1 aromatic carbocycles. The number of allylic oxidation sites excluding steroid dienone is 1. The summed E-state index contributed by atoms with van der Waals surface area (Å²) in [4.78, 5) is 31.5. The lowest BCUT2D eigenvalue weighted by Crippen LogP contribution is -2.61. The topological polar surface area (TPSA) is 137 Å². The molecule has 0 radical (unpaired) electrons. The number of rotatable bonds is 3. The van der Waals surface area contributed by atoms with Gasteiger partial charge in [0.25, 0.3) is 0 Å². The number of carbonyl (C=O) groups is 2. The van der Waals surface area contributed by atoms with Crippen molar-refractivity contribution in [2.75, 3.05) is 39.3 Å². The van der Waals surface area contributed by atoms with Crippen LogP contribution in [-0.2, 0) is 9.53 Å². The van der Waals surface area contributed by atoms with Crippen molar-refractivity contribution >= 4 is 17.7 Å². The molecule has 3 aliphatic heterocycles. The number of piperidine rings is 1. The van der Waals surface area contributed by atoms with Crippen molar-refractivity contribution in [3.63, 3.8) is 0 Å². The average Bonchev–Trinajstić information content (AvgIpc) is 2.84. The molecule has 2 amide bonds. The van der Waals surface area contributed by atoms with Crippen LogP contribution in [0.15, 0.2) is 41.9 Å². The van der Waals surface area contributed by atoms with E-state index in [1.54, 1.807) is 29.2 Å². The van der Waals surface area contributed by atoms with Crippen LogP contribution in [0.4, 0.5) is 4.79 Å². The Bertz CT molecular complexity index is 1050. The Balaban J connectivity index is 1.37. The molecule has 3 heterocycles. The van der Waals surface area contributed by atoms with Crippen molar-refractivity contribution in [3.05, 3.63) is 47.4 Å². The number of nitrogens with zero attached hydrogens (tertiary/aromatic N) is 3. The molecule has 0 spiro atoms. The van der Waals surface area contributed by atoms with Gasteiger partial charge in [-0.3, -0.25) is 4.79 Å². The molecule has 2 fully saturated rings. The third kappa shape index (κ3) is 5.63. The van der Waals surface area contributed by atoms with E-state index in [2.05, 4.69) is 10.2 Å². The number of hydrogen-bond donors (Lipinski definition) is 4. The van der Waals surface area contributed by atoms with Crippen LogP contribution in [-0.4, -0.2) is 82.7 Å². The number of piperazine rings is 1. The van der Waals surface area contributed by atoms with Crippen LogP contribution in [0.2, 0.25) is 0 Å². The summed E-state index contributed by atoms with van der Waals surface area (Å²) < 4.78 is 5.47. The Morgan fingerprint density at radius 3 is 2.47 bits per heavy atom. The third-order valence-corrected chi connectivity index (χ3v) is 6.91. The summed E-state index contributed by atoms with van der Waals surface area (Å²) in [7, 11) is 0. The number of nitrogens with two attached hydrogens (primary N) is 2. The van der Waals surface area contributed by atoms with Gasteiger partial charge in [-0.15, -0.1) is 0 Å². The monoisotopic (exact) mass is 498 g/mol. The molecule has 4 rings (SSSR count). The molecule has 3 aliphatic rings. The molecule has 1 unspecified atom stereocenters. The van der Waals surface area contributed by atoms with Crippen LogP contribution in [0.25, 0.3) is 5.70 Å². The number of ether oxygens (including phenoxy) is 1. The zero-order valence-corrected chi connectivity index (χ0v) is 21.4. The lowest BCUT2D eigenvalue weighted by atomic mass is 9.94. The summed E-state index contributed by atoms with van der Waals surface area (Å²) in [5, 5.41) is 13.4. The van der Waals surface area contributed by atoms with Gasteiger partial charge in [0, 0.05) is 56.4 Å². The molecule has 2 saturated heterocycles. The molecular weight excluding hydrogens is 460 g/mol. The molecule has 0 saturated carbocycles. The Morgan fingerprint density at radius 1 is 1.11 bits per heavy atom. The van der Waals surface area contributed by atoms with E-state index >= 15 is 0 Å². The molecule has 1 atom stereocenters. The van der Waals surface area contributed by atoms with Gasteiger partial charge in [0.15, 0.2) is 0 Å². The first-order valence-corrected chi connectivity index (χ1v) is 12.6. The number of hydrogen-bond acceptors (Lipinski definition) is 8. The van der Waals surface area contributed by atoms with Gasteiger partial charge in [0.1, 0.15) is 17.2 Å². The average molecular weight is 499 g/mol. The molecule has 6 N–H and O–H groups in total. The first-order valence-electron chi connectivity index (χ1n) is 12.6. The van der Waals surface area contributed by atoms with Crippen LogP contribution in [0.1, 0.15) is 39.2 Å². The van der Waals surface area contributed by atoms with Crippen LogP contribution >= 0.6 is 0 Å². The predicted octanol–water partition coefficient (Wildman–Crippen LogP) is 1.58. The van der Waals surface area contributed by atoms with Gasteiger partial charge in [-0.2, -0.15) is 0 Å². The Kier molecular flexibility index (Phi) is 7.23. The van der Waals surface area contributed by atoms with Gasteiger partial charge < -0.3 is 41.3 Å². The highest BCUT2D eigenvalue weighted by Gasteiger charge is 2.37. The number of amides is 2. The number of phenolic OH excluding ortho intramolecular Hbond substituents is 1. The Labute approximate surface area is 212 Å². The summed E-state index contributed by atoms with van der Waals surface area (Å²) in [5.41, 5.74) is 13.8. The molecule has 10 heteroatoms. The Hall–Kier alpha value is -3.56. The van der Waals surface area contributed by atoms with Crippen molar-refractivity contribution in [3.8, 4) is 5.75 Å². The van der Waals surface area contributed by atoms with E-state index < -0.39 is 5.60 Å². The molecule has 0 aromatic heterocycles. The SMILES string of the molecule is CC(C)(C)OC(=O)N1CCC(C(=O)N2CCN3C(/C=C(\N)c4ccccc4O)=C(N)NCC3C2)CC1. The summed E-state index contributed by atoms with van der Waals surface area (Å²) >= 11 is 0. The van der Waals surface area contributed by atoms with E-state index in [1.807, 2.05) is 31.7 Å². The largest absolute Gasteiger partial charge is 0.507 e. The maximum atomic E-state index is 13.3. The minimum Gasteiger partial charge on any atom is -0.507 e. The Morgan fingerprint density at radius 2 is 1.81 bits per heavy atom. The summed E-state index contributed by atoms with van der Waals surface area (Å²) in [6, 6.07) is 6.97. The van der Waals surface area contributed by atoms with Crippen molar-refractivity contribution < 1.29 is 19.4 Å². The minimum atomic E-state index is -0.532. The van der Waals surface area contributed by atoms with Gasteiger partial charge in [0.05, 0.1) is 11.7 Å². The number of nitrogens with one attached hydrogen (secondary N) is 1. The number of aromatic hydroxyl groups is 1. The normalized spacial score (nSPS) is 21.7. The maximum absolute atomic E-state index is 13.3. The van der Waals surface area contributed by atoms with Gasteiger partial charge in [-0.1, -0.05) is 12.1 Å². The molecule has 1 aromatic rings. The summed E-state index contributed by atoms with van der Waals surface area (Å²) in [5.74, 6) is 0.688. The zero-order chi connectivity index (χ0) is 26.0. The molecule has 10 nitrogen and oxygen atoms in total. The highest BCUT2D eigenvalue weighted by Crippen LogP contribution is 2.28. The second-order valence-corrected chi connectivity index (χ2v) is 10.7. The van der Waals surface area contributed by atoms with E-state index in [0.29, 0.717) is 69.2 Å². The molecule has 36 heavy (non-hydrogen) atoms. The number of phenols is 1. The zero-order valence-electron chi connectivity index (χ0n) is 21.4. The van der Waals surface area contributed by atoms with E-state index in [4.69, 9.17) is 16.2 Å². The maximum Gasteiger partial charge on any atom is 0.410 e. The molecular formula is C26H38N6O4. The number of benzene rings is 1. The first kappa shape index (κ1) is 25.5. The molecule has 0 bridgehead atoms. The van der Waals surface area contributed by atoms with E-state index in [9.17, 15) is 14.7 Å². The van der Waals surface area contributed by atoms with Gasteiger partial charge >= 0.3 is 6.09 Å². The standard InChI is InChI=1S/C26H38N6O4/c1-26(2,3)36-25(35)30-10-8-17(9-11-30)24(34)31-12-13-32-18(16-31)15-29-23(28)21(32)14-20(27)19-6-4-5-7-22(19)33/h4-7,14,17-18,29,33H,8-13,15-16,27-28H2,1-3H3/b20-14-. The minimum absolute atomic E-state index is 0.0558. The molecule has 196 valence electrons. The van der Waals surface area contributed by atoms with Crippen molar-refractivity contribution in [1.29, 1.82) is 0 Å². The van der Waals surface area contributed by atoms with Gasteiger partial charge in [-0.05, 0) is 51.8 Å². The number of para-hydroxylation sites is 1. The summed E-state index contributed by atoms with van der Waals surface area (Å²) in [6.07, 6.45) is 2.74. The number of likely N-dealkylation sites (tertiary alicyclic amines) is 1. The van der Waals surface area contributed by atoms with E-state index in [-0.39, 0.29) is 29.7 Å². The first-order chi connectivity index (χ1) is 17.0. The lowest BCUT2D eigenvalue weighted by molar-refractivity contribution is -0.139. The smallest absolute Gasteiger partial charge is 0.410 e. The summed E-state index contributed by atoms with van der Waals surface area (Å²) in [6.45, 7) is 9.03. The predicted molar refractivity (Wildman–Crippen MR) is 137 cm³/mol. The van der Waals surface area contributed by atoms with Crippen LogP contribution in [0, 0.1) is 5.92 Å². The fourth-order valence-corrected chi connectivity index (χ4v) is 5.02. The van der Waals surface area contributed by atoms with E-state index in [0.717, 1.165) is 5.70 Å². The quantitative estimate of drug-likeness (QED) is 0.493. The second kappa shape index (κ2) is 10.2. The highest BCUT2D eigenvalue weighted by atomic mass is 16.6. The van der Waals surface area contributed by atoms with Crippen LogP contribution < -0.4 is 16.8 Å². The van der Waals surface area contributed by atoms with Gasteiger partial charge in [0.2, 0.25) is 5.91 Å². The highest BCUT2D eigenvalue weighted by molar-refractivity contribution is 5.79. The fraction of sp³-hybridized carbons (Fsp3) is 0.538. The third-order valence-electron chi connectivity index (χ3n) is 6.91. The molecule has 0 aliphatic carbocycles. The second-order valence-electron chi connectivity index (χ2n) is 10.7. The van der Waals surface area contributed by atoms with Crippen molar-refractivity contribution in [2.24, 2.45) is 17.4 Å².